The molecule has 0 saturated carbocycles. The van der Waals surface area contributed by atoms with Gasteiger partial charge in [-0.3, -0.25) is 4.79 Å². The van der Waals surface area contributed by atoms with Gasteiger partial charge in [-0.05, 0) is 44.8 Å². The molecule has 0 amide bonds. The zero-order chi connectivity index (χ0) is 16.3. The van der Waals surface area contributed by atoms with Crippen LogP contribution in [0.3, 0.4) is 0 Å². The van der Waals surface area contributed by atoms with Gasteiger partial charge in [0.2, 0.25) is 0 Å². The van der Waals surface area contributed by atoms with Crippen LogP contribution in [-0.2, 0) is 4.79 Å². The van der Waals surface area contributed by atoms with Crippen molar-refractivity contribution < 1.29 is 4.79 Å². The standard InChI is InChI=1S/C18H27ClN2O/c1-13(2)18(22)17(14-5-7-15(19)8-6-14)12-21-10-9-16(11-21)20(3)4/h5-8,13,16-17H,9-12H2,1-4H3/t16-,17+/m0/s1. The van der Waals surface area contributed by atoms with Gasteiger partial charge < -0.3 is 9.80 Å². The molecule has 4 heteroatoms. The van der Waals surface area contributed by atoms with Gasteiger partial charge in [0.25, 0.3) is 0 Å². The molecular weight excluding hydrogens is 296 g/mol. The Morgan fingerprint density at radius 2 is 1.95 bits per heavy atom. The second kappa shape index (κ2) is 7.58. The molecular formula is C18H27ClN2O. The van der Waals surface area contributed by atoms with Crippen molar-refractivity contribution in [1.82, 2.24) is 9.80 Å². The summed E-state index contributed by atoms with van der Waals surface area (Å²) in [7, 11) is 4.26. The molecule has 0 N–H and O–H groups in total. The maximum Gasteiger partial charge on any atom is 0.144 e. The maximum absolute atomic E-state index is 12.7. The Morgan fingerprint density at radius 1 is 1.32 bits per heavy atom. The van der Waals surface area contributed by atoms with Crippen LogP contribution in [0.5, 0.6) is 0 Å². The normalized spacial score (nSPS) is 20.8. The minimum atomic E-state index is -0.0572. The Bertz CT molecular complexity index is 498. The quantitative estimate of drug-likeness (QED) is 0.803. The highest BCUT2D eigenvalue weighted by Gasteiger charge is 2.30. The SMILES string of the molecule is CC(C)C(=O)[C@H](CN1CC[C@H](N(C)C)C1)c1ccc(Cl)cc1. The Balaban J connectivity index is 2.12. The first-order chi connectivity index (χ1) is 10.4. The van der Waals surface area contributed by atoms with E-state index in [2.05, 4.69) is 23.9 Å². The molecule has 0 spiro atoms. The lowest BCUT2D eigenvalue weighted by molar-refractivity contribution is -0.123. The molecule has 1 aromatic rings. The summed E-state index contributed by atoms with van der Waals surface area (Å²) >= 11 is 5.98. The summed E-state index contributed by atoms with van der Waals surface area (Å²) in [5, 5.41) is 0.716. The van der Waals surface area contributed by atoms with E-state index in [-0.39, 0.29) is 11.8 Å². The van der Waals surface area contributed by atoms with Gasteiger partial charge in [0, 0.05) is 30.1 Å². The molecule has 0 bridgehead atoms. The fourth-order valence-corrected chi connectivity index (χ4v) is 3.24. The summed E-state index contributed by atoms with van der Waals surface area (Å²) in [6.45, 7) is 6.89. The van der Waals surface area contributed by atoms with Crippen LogP contribution in [0.2, 0.25) is 5.02 Å². The largest absolute Gasteiger partial charge is 0.305 e. The number of nitrogens with zero attached hydrogens (tertiary/aromatic N) is 2. The van der Waals surface area contributed by atoms with E-state index in [0.29, 0.717) is 16.8 Å². The van der Waals surface area contributed by atoms with E-state index in [1.54, 1.807) is 0 Å². The van der Waals surface area contributed by atoms with Crippen molar-refractivity contribution >= 4 is 17.4 Å². The highest BCUT2D eigenvalue weighted by molar-refractivity contribution is 6.30. The number of benzene rings is 1. The predicted molar refractivity (Wildman–Crippen MR) is 92.6 cm³/mol. The molecule has 1 aliphatic rings. The van der Waals surface area contributed by atoms with E-state index < -0.39 is 0 Å². The van der Waals surface area contributed by atoms with Crippen molar-refractivity contribution in [3.8, 4) is 0 Å². The van der Waals surface area contributed by atoms with E-state index in [0.717, 1.165) is 25.2 Å². The van der Waals surface area contributed by atoms with Crippen LogP contribution in [0.15, 0.2) is 24.3 Å². The van der Waals surface area contributed by atoms with Gasteiger partial charge in [0.1, 0.15) is 5.78 Å². The van der Waals surface area contributed by atoms with Crippen molar-refractivity contribution in [3.05, 3.63) is 34.9 Å². The summed E-state index contributed by atoms with van der Waals surface area (Å²) < 4.78 is 0. The predicted octanol–water partition coefficient (Wildman–Crippen LogP) is 3.28. The van der Waals surface area contributed by atoms with Crippen molar-refractivity contribution in [2.24, 2.45) is 5.92 Å². The third-order valence-electron chi connectivity index (χ3n) is 4.60. The van der Waals surface area contributed by atoms with Crippen LogP contribution in [0.4, 0.5) is 0 Å². The summed E-state index contributed by atoms with van der Waals surface area (Å²) in [6.07, 6.45) is 1.18. The van der Waals surface area contributed by atoms with Gasteiger partial charge in [-0.2, -0.15) is 0 Å². The number of likely N-dealkylation sites (N-methyl/N-ethyl adjacent to an activating group) is 1. The number of ketones is 1. The second-order valence-electron chi connectivity index (χ2n) is 6.83. The minimum absolute atomic E-state index is 0.0490. The highest BCUT2D eigenvalue weighted by atomic mass is 35.5. The van der Waals surface area contributed by atoms with Crippen LogP contribution in [0.25, 0.3) is 0 Å². The van der Waals surface area contributed by atoms with Crippen LogP contribution < -0.4 is 0 Å². The second-order valence-corrected chi connectivity index (χ2v) is 7.26. The molecule has 0 aliphatic carbocycles. The number of rotatable bonds is 6. The fraction of sp³-hybridized carbons (Fsp3) is 0.611. The third kappa shape index (κ3) is 4.31. The average molecular weight is 323 g/mol. The molecule has 22 heavy (non-hydrogen) atoms. The van der Waals surface area contributed by atoms with Gasteiger partial charge in [-0.25, -0.2) is 0 Å². The number of carbonyl (C=O) groups is 1. The van der Waals surface area contributed by atoms with Gasteiger partial charge in [0.05, 0.1) is 5.92 Å². The van der Waals surface area contributed by atoms with Gasteiger partial charge >= 0.3 is 0 Å². The van der Waals surface area contributed by atoms with E-state index in [1.807, 2.05) is 38.1 Å². The highest BCUT2D eigenvalue weighted by Crippen LogP contribution is 2.25. The lowest BCUT2D eigenvalue weighted by Crippen LogP contribution is -2.35. The zero-order valence-corrected chi connectivity index (χ0v) is 14.8. The zero-order valence-electron chi connectivity index (χ0n) is 14.1. The Morgan fingerprint density at radius 3 is 2.45 bits per heavy atom. The Kier molecular flexibility index (Phi) is 6.01. The number of likely N-dealkylation sites (tertiary alicyclic amines) is 1. The number of hydrogen-bond donors (Lipinski definition) is 0. The molecule has 2 atom stereocenters. The summed E-state index contributed by atoms with van der Waals surface area (Å²) in [5.74, 6) is 0.307. The smallest absolute Gasteiger partial charge is 0.144 e. The van der Waals surface area contributed by atoms with Crippen LogP contribution in [0.1, 0.15) is 31.7 Å². The first-order valence-corrected chi connectivity index (χ1v) is 8.44. The number of hydrogen-bond acceptors (Lipinski definition) is 3. The molecule has 122 valence electrons. The molecule has 0 unspecified atom stereocenters. The monoisotopic (exact) mass is 322 g/mol. The van der Waals surface area contributed by atoms with E-state index in [1.165, 1.54) is 6.42 Å². The number of halogens is 1. The molecule has 2 rings (SSSR count). The first kappa shape index (κ1) is 17.5. The van der Waals surface area contributed by atoms with Crippen molar-refractivity contribution in [2.45, 2.75) is 32.2 Å². The van der Waals surface area contributed by atoms with Gasteiger partial charge in [0.15, 0.2) is 0 Å². The molecule has 3 nitrogen and oxygen atoms in total. The van der Waals surface area contributed by atoms with Gasteiger partial charge in [-0.15, -0.1) is 0 Å². The lowest BCUT2D eigenvalue weighted by atomic mass is 9.88. The topological polar surface area (TPSA) is 23.6 Å². The summed E-state index contributed by atoms with van der Waals surface area (Å²) in [6, 6.07) is 8.34. The van der Waals surface area contributed by atoms with Crippen LogP contribution in [-0.4, -0.2) is 55.4 Å². The summed E-state index contributed by atoms with van der Waals surface area (Å²) in [4.78, 5) is 17.4. The van der Waals surface area contributed by atoms with Crippen molar-refractivity contribution in [1.29, 1.82) is 0 Å². The third-order valence-corrected chi connectivity index (χ3v) is 4.86. The summed E-state index contributed by atoms with van der Waals surface area (Å²) in [5.41, 5.74) is 1.08. The van der Waals surface area contributed by atoms with Crippen LogP contribution >= 0.6 is 11.6 Å². The van der Waals surface area contributed by atoms with Crippen molar-refractivity contribution in [3.63, 3.8) is 0 Å². The maximum atomic E-state index is 12.7. The molecule has 1 heterocycles. The molecule has 0 aromatic heterocycles. The molecule has 0 radical (unpaired) electrons. The van der Waals surface area contributed by atoms with Crippen LogP contribution in [0, 0.1) is 5.92 Å². The Hall–Kier alpha value is -0.900. The number of carbonyl (C=O) groups excluding carboxylic acids is 1. The van der Waals surface area contributed by atoms with Gasteiger partial charge in [-0.1, -0.05) is 37.6 Å². The molecule has 1 aromatic carbocycles. The average Bonchev–Trinajstić information content (AvgIpc) is 2.94. The van der Waals surface area contributed by atoms with E-state index in [4.69, 9.17) is 11.6 Å². The number of Topliss-reactive ketones (excluding diaryl/α,β-unsaturated/α-hetero) is 1. The lowest BCUT2D eigenvalue weighted by Gasteiger charge is -2.25. The molecule has 1 fully saturated rings. The first-order valence-electron chi connectivity index (χ1n) is 8.06. The minimum Gasteiger partial charge on any atom is -0.305 e. The Labute approximate surface area is 139 Å². The molecule has 1 saturated heterocycles. The van der Waals surface area contributed by atoms with E-state index in [9.17, 15) is 4.79 Å². The van der Waals surface area contributed by atoms with Crippen molar-refractivity contribution in [2.75, 3.05) is 33.7 Å². The molecule has 1 aliphatic heterocycles. The fourth-order valence-electron chi connectivity index (χ4n) is 3.11. The van der Waals surface area contributed by atoms with E-state index >= 15 is 0 Å².